The van der Waals surface area contributed by atoms with Crippen LogP contribution in [0, 0.1) is 11.7 Å². The zero-order valence-corrected chi connectivity index (χ0v) is 26.1. The van der Waals surface area contributed by atoms with Crippen molar-refractivity contribution in [2.75, 3.05) is 13.7 Å². The zero-order valence-electron chi connectivity index (χ0n) is 25.3. The van der Waals surface area contributed by atoms with Crippen LogP contribution < -0.4 is 10.7 Å². The van der Waals surface area contributed by atoms with E-state index in [0.29, 0.717) is 16.1 Å². The van der Waals surface area contributed by atoms with Gasteiger partial charge in [0.2, 0.25) is 0 Å². The van der Waals surface area contributed by atoms with E-state index in [-0.39, 0.29) is 23.5 Å². The zero-order chi connectivity index (χ0) is 34.1. The number of aliphatic carboxylic acids is 1. The maximum Gasteiger partial charge on any atom is 0.407 e. The Hall–Kier alpha value is -4.86. The maximum absolute atomic E-state index is 14.3. The Balaban J connectivity index is 1.83. The van der Waals surface area contributed by atoms with Crippen LogP contribution in [0.1, 0.15) is 47.3 Å². The summed E-state index contributed by atoms with van der Waals surface area (Å²) in [6.07, 6.45) is -2.75. The van der Waals surface area contributed by atoms with Crippen molar-refractivity contribution in [1.82, 2.24) is 25.5 Å². The third-order valence-corrected chi connectivity index (χ3v) is 6.82. The molecule has 1 heterocycles. The minimum Gasteiger partial charge on any atom is -0.479 e. The number of amides is 2. The van der Waals surface area contributed by atoms with Crippen molar-refractivity contribution in [2.45, 2.75) is 46.2 Å². The molecule has 0 radical (unpaired) electrons. The predicted molar refractivity (Wildman–Crippen MR) is 161 cm³/mol. The van der Waals surface area contributed by atoms with E-state index in [2.05, 4.69) is 20.6 Å². The minimum absolute atomic E-state index is 0.105. The number of carbonyl (C=O) groups is 5. The second kappa shape index (κ2) is 15.9. The van der Waals surface area contributed by atoms with Crippen molar-refractivity contribution in [3.05, 3.63) is 76.3 Å². The molecule has 246 valence electrons. The number of halogens is 2. The molecular formula is C30H33ClFN5O9. The molecule has 0 fully saturated rings. The molecule has 0 bridgehead atoms. The lowest BCUT2D eigenvalue weighted by molar-refractivity contribution is -0.151. The van der Waals surface area contributed by atoms with Crippen molar-refractivity contribution in [1.29, 1.82) is 0 Å². The lowest BCUT2D eigenvalue weighted by Gasteiger charge is -2.25. The van der Waals surface area contributed by atoms with Gasteiger partial charge in [-0.05, 0) is 35.2 Å². The number of esters is 1. The number of carboxylic acids is 1. The number of aliphatic hydroxyl groups excluding tert-OH is 1. The monoisotopic (exact) mass is 661 g/mol. The molecule has 0 aliphatic heterocycles. The number of nitrogens with one attached hydrogen (secondary N) is 2. The molecule has 0 spiro atoms. The summed E-state index contributed by atoms with van der Waals surface area (Å²) in [4.78, 5) is 61.3. The molecule has 0 saturated carbocycles. The fraction of sp³-hybridized carbons (Fsp3) is 0.333. The van der Waals surface area contributed by atoms with Gasteiger partial charge in [-0.3, -0.25) is 15.0 Å². The predicted octanol–water partition coefficient (Wildman–Crippen LogP) is 3.02. The van der Waals surface area contributed by atoms with E-state index in [1.807, 2.05) is 0 Å². The van der Waals surface area contributed by atoms with Gasteiger partial charge in [0, 0.05) is 30.1 Å². The standard InChI is InChI=1S/C30H33ClFN5O9/c1-16(2)26(33-30(44)45-4)29(43)46-15-37-24(12-23(34-37)17(3)38)27(40)35-36(14-25(39)28(41)42)13-18-5-7-19(8-6-18)21-11-20(31)9-10-22(21)32/h5-12,16,25-26,39H,13-15H2,1-4H3,(H,33,44)(H,35,40)(H,41,42)/t25-,26+/m1/s1. The first-order chi connectivity index (χ1) is 21.7. The Morgan fingerprint density at radius 3 is 2.35 bits per heavy atom. The number of rotatable bonds is 14. The highest BCUT2D eigenvalue weighted by Gasteiger charge is 2.28. The number of methoxy groups -OCH3 is 1. The van der Waals surface area contributed by atoms with Crippen LogP contribution >= 0.6 is 11.6 Å². The van der Waals surface area contributed by atoms with Crippen LogP contribution in [0.15, 0.2) is 48.5 Å². The van der Waals surface area contributed by atoms with Crippen LogP contribution in [0.5, 0.6) is 0 Å². The summed E-state index contributed by atoms with van der Waals surface area (Å²) in [6.45, 7) is 3.25. The molecule has 0 saturated heterocycles. The molecule has 4 N–H and O–H groups in total. The Morgan fingerprint density at radius 1 is 1.09 bits per heavy atom. The molecule has 46 heavy (non-hydrogen) atoms. The molecule has 2 aromatic carbocycles. The fourth-order valence-electron chi connectivity index (χ4n) is 4.13. The number of ether oxygens (including phenoxy) is 2. The Morgan fingerprint density at radius 2 is 1.76 bits per heavy atom. The summed E-state index contributed by atoms with van der Waals surface area (Å²) < 4.78 is 25.1. The van der Waals surface area contributed by atoms with E-state index in [1.165, 1.54) is 25.1 Å². The molecule has 16 heteroatoms. The normalized spacial score (nSPS) is 12.4. The molecule has 2 amide bonds. The van der Waals surface area contributed by atoms with Gasteiger partial charge in [-0.25, -0.2) is 28.5 Å². The lowest BCUT2D eigenvalue weighted by atomic mass is 10.0. The van der Waals surface area contributed by atoms with E-state index in [9.17, 15) is 38.6 Å². The number of Topliss-reactive ketones (excluding diaryl/α,β-unsaturated/α-hetero) is 1. The summed E-state index contributed by atoms with van der Waals surface area (Å²) in [5.74, 6) is -4.66. The summed E-state index contributed by atoms with van der Waals surface area (Å²) in [5, 5.41) is 27.2. The summed E-state index contributed by atoms with van der Waals surface area (Å²) in [5.41, 5.74) is 3.46. The number of hydrazine groups is 1. The van der Waals surface area contributed by atoms with Gasteiger partial charge >= 0.3 is 18.0 Å². The quantitative estimate of drug-likeness (QED) is 0.113. The first-order valence-corrected chi connectivity index (χ1v) is 14.2. The highest BCUT2D eigenvalue weighted by atomic mass is 35.5. The van der Waals surface area contributed by atoms with E-state index < -0.39 is 66.9 Å². The first kappa shape index (κ1) is 35.6. The van der Waals surface area contributed by atoms with Gasteiger partial charge in [0.1, 0.15) is 23.2 Å². The Labute approximate surface area is 268 Å². The SMILES string of the molecule is COC(=O)N[C@H](C(=O)OCn1nc(C(C)=O)cc1C(=O)NN(Cc1ccc(-c2cc(Cl)ccc2F)cc1)C[C@@H](O)C(=O)O)C(C)C. The fourth-order valence-corrected chi connectivity index (χ4v) is 4.31. The van der Waals surface area contributed by atoms with Crippen LogP contribution in [0.3, 0.4) is 0 Å². The first-order valence-electron chi connectivity index (χ1n) is 13.8. The average molecular weight is 662 g/mol. The molecule has 1 aromatic heterocycles. The number of carboxylic acid groups (broad SMARTS) is 1. The van der Waals surface area contributed by atoms with Gasteiger partial charge in [-0.2, -0.15) is 5.10 Å². The molecule has 3 rings (SSSR count). The second-order valence-corrected chi connectivity index (χ2v) is 10.9. The second-order valence-electron chi connectivity index (χ2n) is 10.4. The number of ketones is 1. The third kappa shape index (κ3) is 9.57. The van der Waals surface area contributed by atoms with E-state index in [4.69, 9.17) is 16.3 Å². The highest BCUT2D eigenvalue weighted by molar-refractivity contribution is 6.30. The van der Waals surface area contributed by atoms with E-state index >= 15 is 0 Å². The van der Waals surface area contributed by atoms with Crippen LogP contribution in [-0.2, 0) is 32.3 Å². The lowest BCUT2D eigenvalue weighted by Crippen LogP contribution is -2.48. The number of carbonyl (C=O) groups excluding carboxylic acids is 4. The largest absolute Gasteiger partial charge is 0.479 e. The van der Waals surface area contributed by atoms with Gasteiger partial charge in [-0.1, -0.05) is 49.7 Å². The van der Waals surface area contributed by atoms with Crippen LogP contribution in [0.2, 0.25) is 5.02 Å². The number of aromatic nitrogens is 2. The summed E-state index contributed by atoms with van der Waals surface area (Å²) >= 11 is 6.00. The minimum atomic E-state index is -1.89. The van der Waals surface area contributed by atoms with Crippen molar-refractivity contribution < 1.29 is 48.0 Å². The van der Waals surface area contributed by atoms with Crippen molar-refractivity contribution in [3.63, 3.8) is 0 Å². The Kier molecular flexibility index (Phi) is 12.3. The van der Waals surface area contributed by atoms with Gasteiger partial charge in [-0.15, -0.1) is 0 Å². The molecule has 14 nitrogen and oxygen atoms in total. The van der Waals surface area contributed by atoms with Crippen LogP contribution in [-0.4, -0.2) is 80.5 Å². The molecule has 2 atom stereocenters. The number of alkyl carbamates (subject to hydrolysis) is 1. The van der Waals surface area contributed by atoms with Gasteiger partial charge in [0.15, 0.2) is 18.6 Å². The Bertz CT molecular complexity index is 1600. The molecule has 0 aliphatic rings. The van der Waals surface area contributed by atoms with E-state index in [0.717, 1.165) is 22.9 Å². The summed E-state index contributed by atoms with van der Waals surface area (Å²) in [6, 6.07) is 10.6. The van der Waals surface area contributed by atoms with Gasteiger partial charge in [0.05, 0.1) is 13.7 Å². The van der Waals surface area contributed by atoms with Crippen molar-refractivity contribution in [3.8, 4) is 11.1 Å². The highest BCUT2D eigenvalue weighted by Crippen LogP contribution is 2.26. The third-order valence-electron chi connectivity index (χ3n) is 6.59. The van der Waals surface area contributed by atoms with Crippen molar-refractivity contribution in [2.24, 2.45) is 5.92 Å². The number of aliphatic hydroxyl groups is 1. The molecule has 3 aromatic rings. The average Bonchev–Trinajstić information content (AvgIpc) is 3.45. The van der Waals surface area contributed by atoms with Crippen molar-refractivity contribution >= 4 is 41.3 Å². The van der Waals surface area contributed by atoms with Crippen LogP contribution in [0.25, 0.3) is 11.1 Å². The molecular weight excluding hydrogens is 629 g/mol. The smallest absolute Gasteiger partial charge is 0.407 e. The topological polar surface area (TPSA) is 189 Å². The van der Waals surface area contributed by atoms with Gasteiger partial charge in [0.25, 0.3) is 5.91 Å². The van der Waals surface area contributed by atoms with Gasteiger partial charge < -0.3 is 25.0 Å². The molecule has 0 unspecified atom stereocenters. The number of benzene rings is 2. The van der Waals surface area contributed by atoms with E-state index in [1.54, 1.807) is 38.1 Å². The number of hydrogen-bond acceptors (Lipinski definition) is 10. The molecule has 0 aliphatic carbocycles. The number of hydrogen-bond donors (Lipinski definition) is 4. The summed E-state index contributed by atoms with van der Waals surface area (Å²) in [7, 11) is 1.13. The van der Waals surface area contributed by atoms with Crippen LogP contribution in [0.4, 0.5) is 9.18 Å². The maximum atomic E-state index is 14.3. The number of nitrogens with zero attached hydrogens (tertiary/aromatic N) is 3.